The molecule has 0 aliphatic carbocycles. The molecule has 9 heteroatoms. The maximum atomic E-state index is 12.7. The lowest BCUT2D eigenvalue weighted by Crippen LogP contribution is -2.41. The highest BCUT2D eigenvalue weighted by molar-refractivity contribution is 5.92. The molecule has 4 heterocycles. The predicted octanol–water partition coefficient (Wildman–Crippen LogP) is 1.62. The number of nitrogens with one attached hydrogen (secondary N) is 1. The van der Waals surface area contributed by atoms with Crippen LogP contribution in [-0.4, -0.2) is 48.7 Å². The summed E-state index contributed by atoms with van der Waals surface area (Å²) in [7, 11) is 0. The lowest BCUT2D eigenvalue weighted by molar-refractivity contribution is -0.120. The van der Waals surface area contributed by atoms with E-state index in [4.69, 9.17) is 0 Å². The van der Waals surface area contributed by atoms with Gasteiger partial charge < -0.3 is 10.2 Å². The van der Waals surface area contributed by atoms with E-state index >= 15 is 0 Å². The van der Waals surface area contributed by atoms with Gasteiger partial charge in [-0.1, -0.05) is 6.07 Å². The maximum Gasteiger partial charge on any atom is 0.230 e. The van der Waals surface area contributed by atoms with Gasteiger partial charge in [-0.05, 0) is 31.9 Å². The van der Waals surface area contributed by atoms with Crippen molar-refractivity contribution in [2.45, 2.75) is 19.8 Å². The quantitative estimate of drug-likeness (QED) is 0.750. The topological polar surface area (TPSA) is 102 Å². The van der Waals surface area contributed by atoms with Gasteiger partial charge in [0.2, 0.25) is 5.91 Å². The number of pyridine rings is 1. The van der Waals surface area contributed by atoms with Gasteiger partial charge in [0.25, 0.3) is 0 Å². The second-order valence-electron chi connectivity index (χ2n) is 6.51. The molecular weight excluding hydrogens is 344 g/mol. The first-order valence-corrected chi connectivity index (χ1v) is 8.85. The molecule has 138 valence electrons. The zero-order valence-electron chi connectivity index (χ0n) is 15.0. The number of aromatic nitrogens is 6. The zero-order chi connectivity index (χ0) is 18.6. The molecule has 1 atom stereocenters. The van der Waals surface area contributed by atoms with E-state index in [9.17, 15) is 4.79 Å². The molecule has 0 saturated carbocycles. The molecule has 0 radical (unpaired) electrons. The van der Waals surface area contributed by atoms with Crippen LogP contribution in [0.4, 0.5) is 11.6 Å². The Balaban J connectivity index is 1.46. The summed E-state index contributed by atoms with van der Waals surface area (Å²) in [5.74, 6) is 1.89. The van der Waals surface area contributed by atoms with Crippen molar-refractivity contribution in [3.8, 4) is 5.82 Å². The average molecular weight is 364 g/mol. The minimum Gasteiger partial charge on any atom is -0.356 e. The molecule has 0 bridgehead atoms. The fourth-order valence-corrected chi connectivity index (χ4v) is 3.20. The third-order valence-corrected chi connectivity index (χ3v) is 4.55. The highest BCUT2D eigenvalue weighted by Gasteiger charge is 2.27. The first kappa shape index (κ1) is 17.1. The molecule has 1 saturated heterocycles. The van der Waals surface area contributed by atoms with E-state index in [1.807, 2.05) is 25.1 Å². The number of nitrogens with zero attached hydrogens (tertiary/aromatic N) is 7. The molecule has 1 N–H and O–H groups in total. The molecule has 3 aromatic rings. The highest BCUT2D eigenvalue weighted by Crippen LogP contribution is 2.23. The third-order valence-electron chi connectivity index (χ3n) is 4.55. The van der Waals surface area contributed by atoms with Crippen LogP contribution in [0.15, 0.2) is 43.2 Å². The normalized spacial score (nSPS) is 16.9. The van der Waals surface area contributed by atoms with Crippen LogP contribution < -0.4 is 10.2 Å². The van der Waals surface area contributed by atoms with Crippen molar-refractivity contribution in [3.05, 3.63) is 48.9 Å². The number of carbonyl (C=O) groups excluding carboxylic acids is 1. The first-order valence-electron chi connectivity index (χ1n) is 8.85. The SMILES string of the molecule is Cc1cccc(NC(=O)C2CCCN(c3cc(-n4cncn4)ncn3)C2)n1. The second-order valence-corrected chi connectivity index (χ2v) is 6.51. The summed E-state index contributed by atoms with van der Waals surface area (Å²) < 4.78 is 1.59. The van der Waals surface area contributed by atoms with Gasteiger partial charge in [0.15, 0.2) is 5.82 Å². The van der Waals surface area contributed by atoms with Crippen LogP contribution in [0, 0.1) is 12.8 Å². The van der Waals surface area contributed by atoms with E-state index in [0.717, 1.165) is 30.9 Å². The largest absolute Gasteiger partial charge is 0.356 e. The standard InChI is InChI=1S/C18H20N8O/c1-13-4-2-6-15(23-13)24-18(27)14-5-3-7-25(9-14)16-8-17(21-11-20-16)26-12-19-10-22-26/h2,4,6,8,10-12,14H,3,5,7,9H2,1H3,(H,23,24,27). The van der Waals surface area contributed by atoms with Crippen molar-refractivity contribution in [1.29, 1.82) is 0 Å². The predicted molar refractivity (Wildman–Crippen MR) is 99.5 cm³/mol. The molecule has 1 aliphatic rings. The molecule has 1 fully saturated rings. The number of hydrogen-bond acceptors (Lipinski definition) is 7. The van der Waals surface area contributed by atoms with Gasteiger partial charge in [0.05, 0.1) is 5.92 Å². The summed E-state index contributed by atoms with van der Waals surface area (Å²) in [5.41, 5.74) is 0.875. The lowest BCUT2D eigenvalue weighted by atomic mass is 9.97. The van der Waals surface area contributed by atoms with Gasteiger partial charge in [-0.2, -0.15) is 5.10 Å². The van der Waals surface area contributed by atoms with Gasteiger partial charge in [0.1, 0.15) is 30.6 Å². The number of aryl methyl sites for hydroxylation is 1. The number of anilines is 2. The van der Waals surface area contributed by atoms with E-state index in [2.05, 4.69) is 35.3 Å². The fourth-order valence-electron chi connectivity index (χ4n) is 3.20. The van der Waals surface area contributed by atoms with E-state index in [-0.39, 0.29) is 11.8 Å². The monoisotopic (exact) mass is 364 g/mol. The molecule has 1 aliphatic heterocycles. The summed E-state index contributed by atoms with van der Waals surface area (Å²) in [6, 6.07) is 7.45. The summed E-state index contributed by atoms with van der Waals surface area (Å²) in [6.07, 6.45) is 6.32. The summed E-state index contributed by atoms with van der Waals surface area (Å²) in [5, 5.41) is 7.02. The van der Waals surface area contributed by atoms with Crippen LogP contribution in [0.5, 0.6) is 0 Å². The molecule has 0 spiro atoms. The Morgan fingerprint density at radius 1 is 1.22 bits per heavy atom. The second kappa shape index (κ2) is 7.48. The van der Waals surface area contributed by atoms with E-state index < -0.39 is 0 Å². The van der Waals surface area contributed by atoms with Crippen LogP contribution >= 0.6 is 0 Å². The Labute approximate surface area is 156 Å². The molecule has 9 nitrogen and oxygen atoms in total. The van der Waals surface area contributed by atoms with Crippen molar-refractivity contribution in [1.82, 2.24) is 29.7 Å². The van der Waals surface area contributed by atoms with Crippen LogP contribution in [0.3, 0.4) is 0 Å². The smallest absolute Gasteiger partial charge is 0.230 e. The van der Waals surface area contributed by atoms with Gasteiger partial charge in [0, 0.05) is 24.8 Å². The van der Waals surface area contributed by atoms with Crippen LogP contribution in [0.2, 0.25) is 0 Å². The zero-order valence-corrected chi connectivity index (χ0v) is 15.0. The Bertz CT molecular complexity index is 927. The van der Waals surface area contributed by atoms with Crippen LogP contribution in [0.25, 0.3) is 5.82 Å². The lowest BCUT2D eigenvalue weighted by Gasteiger charge is -2.32. The number of hydrogen-bond donors (Lipinski definition) is 1. The van der Waals surface area contributed by atoms with Crippen molar-refractivity contribution in [2.75, 3.05) is 23.3 Å². The highest BCUT2D eigenvalue weighted by atomic mass is 16.2. The minimum absolute atomic E-state index is 0.0108. The van der Waals surface area contributed by atoms with Crippen molar-refractivity contribution in [2.24, 2.45) is 5.92 Å². The first-order chi connectivity index (χ1) is 13.2. The molecule has 3 aromatic heterocycles. The third kappa shape index (κ3) is 3.91. The van der Waals surface area contributed by atoms with Gasteiger partial charge in [-0.25, -0.2) is 24.6 Å². The Morgan fingerprint density at radius 3 is 2.93 bits per heavy atom. The molecule has 4 rings (SSSR count). The Morgan fingerprint density at radius 2 is 2.11 bits per heavy atom. The number of piperidine rings is 1. The van der Waals surface area contributed by atoms with E-state index in [1.54, 1.807) is 17.1 Å². The maximum absolute atomic E-state index is 12.7. The van der Waals surface area contributed by atoms with Crippen LogP contribution in [-0.2, 0) is 4.79 Å². The molecule has 1 unspecified atom stereocenters. The van der Waals surface area contributed by atoms with Crippen molar-refractivity contribution < 1.29 is 4.79 Å². The van der Waals surface area contributed by atoms with E-state index in [0.29, 0.717) is 18.2 Å². The van der Waals surface area contributed by atoms with Crippen molar-refractivity contribution in [3.63, 3.8) is 0 Å². The van der Waals surface area contributed by atoms with Crippen LogP contribution in [0.1, 0.15) is 18.5 Å². The van der Waals surface area contributed by atoms with Gasteiger partial charge >= 0.3 is 0 Å². The summed E-state index contributed by atoms with van der Waals surface area (Å²) in [6.45, 7) is 3.35. The van der Waals surface area contributed by atoms with E-state index in [1.165, 1.54) is 12.7 Å². The Hall–Kier alpha value is -3.36. The number of amides is 1. The van der Waals surface area contributed by atoms with Crippen molar-refractivity contribution >= 4 is 17.5 Å². The van der Waals surface area contributed by atoms with Gasteiger partial charge in [-0.3, -0.25) is 4.79 Å². The molecule has 1 amide bonds. The molecule has 27 heavy (non-hydrogen) atoms. The average Bonchev–Trinajstić information content (AvgIpc) is 3.23. The number of rotatable bonds is 4. The number of carbonyl (C=O) groups is 1. The molecular formula is C18H20N8O. The van der Waals surface area contributed by atoms with Gasteiger partial charge in [-0.15, -0.1) is 0 Å². The molecule has 0 aromatic carbocycles. The summed E-state index contributed by atoms with van der Waals surface area (Å²) >= 11 is 0. The fraction of sp³-hybridized carbons (Fsp3) is 0.333. The summed E-state index contributed by atoms with van der Waals surface area (Å²) in [4.78, 5) is 31.7. The minimum atomic E-state index is -0.120. The Kier molecular flexibility index (Phi) is 4.73.